The molecule has 1 saturated heterocycles. The number of hydrazine groups is 1. The van der Waals surface area contributed by atoms with Gasteiger partial charge in [-0.25, -0.2) is 24.8 Å². The van der Waals surface area contributed by atoms with Crippen LogP contribution in [0.2, 0.25) is 0 Å². The predicted octanol–water partition coefficient (Wildman–Crippen LogP) is 2.24. The summed E-state index contributed by atoms with van der Waals surface area (Å²) in [5, 5.41) is 0.995. The molecule has 0 spiro atoms. The van der Waals surface area contributed by atoms with Crippen molar-refractivity contribution >= 4 is 18.2 Å². The van der Waals surface area contributed by atoms with E-state index in [1.165, 1.54) is 7.11 Å². The monoisotopic (exact) mass is 350 g/mol. The lowest BCUT2D eigenvalue weighted by Gasteiger charge is -2.24. The average Bonchev–Trinajstić information content (AvgIpc) is 2.89. The van der Waals surface area contributed by atoms with E-state index in [9.17, 15) is 14.4 Å². The zero-order valence-electron chi connectivity index (χ0n) is 14.4. The maximum absolute atomic E-state index is 12.0. The summed E-state index contributed by atoms with van der Waals surface area (Å²) in [4.78, 5) is 35.9. The predicted molar refractivity (Wildman–Crippen MR) is 87.1 cm³/mol. The summed E-state index contributed by atoms with van der Waals surface area (Å²) in [7, 11) is 1.22. The number of nitrogens with one attached hydrogen (secondary N) is 1. The van der Waals surface area contributed by atoms with Gasteiger partial charge in [-0.15, -0.1) is 0 Å². The van der Waals surface area contributed by atoms with Crippen molar-refractivity contribution in [1.29, 1.82) is 0 Å². The number of amides is 2. The second kappa shape index (κ2) is 8.36. The van der Waals surface area contributed by atoms with Gasteiger partial charge >= 0.3 is 18.2 Å². The van der Waals surface area contributed by atoms with Crippen LogP contribution in [0.4, 0.5) is 9.59 Å². The number of ether oxygens (including phenoxy) is 3. The van der Waals surface area contributed by atoms with Crippen molar-refractivity contribution < 1.29 is 28.6 Å². The van der Waals surface area contributed by atoms with Gasteiger partial charge < -0.3 is 14.2 Å². The lowest BCUT2D eigenvalue weighted by Crippen LogP contribution is -2.50. The van der Waals surface area contributed by atoms with Crippen LogP contribution in [-0.4, -0.2) is 42.4 Å². The van der Waals surface area contributed by atoms with Crippen molar-refractivity contribution in [3.63, 3.8) is 0 Å². The van der Waals surface area contributed by atoms with Crippen LogP contribution in [-0.2, 0) is 25.6 Å². The Morgan fingerprint density at radius 2 is 1.96 bits per heavy atom. The third kappa shape index (κ3) is 4.85. The molecule has 1 aromatic rings. The SMILES string of the molecule is COC(=O)[C@@H]1OC(=O)N(NC(=O)OCc2ccccc2)[C@H]1CC(C)C. The number of carbonyl (C=O) groups is 3. The zero-order valence-corrected chi connectivity index (χ0v) is 14.4. The van der Waals surface area contributed by atoms with E-state index in [2.05, 4.69) is 10.2 Å². The quantitative estimate of drug-likeness (QED) is 0.624. The van der Waals surface area contributed by atoms with Crippen LogP contribution in [0.5, 0.6) is 0 Å². The molecular formula is C17H22N2O6. The maximum atomic E-state index is 12.0. The van der Waals surface area contributed by atoms with Crippen LogP contribution in [0, 0.1) is 5.92 Å². The lowest BCUT2D eigenvalue weighted by molar-refractivity contribution is -0.150. The van der Waals surface area contributed by atoms with Crippen LogP contribution < -0.4 is 5.43 Å². The van der Waals surface area contributed by atoms with Crippen molar-refractivity contribution in [2.75, 3.05) is 7.11 Å². The van der Waals surface area contributed by atoms with Crippen LogP contribution in [0.15, 0.2) is 30.3 Å². The van der Waals surface area contributed by atoms with E-state index >= 15 is 0 Å². The number of methoxy groups -OCH3 is 1. The molecular weight excluding hydrogens is 328 g/mol. The fourth-order valence-electron chi connectivity index (χ4n) is 2.53. The van der Waals surface area contributed by atoms with E-state index in [-0.39, 0.29) is 12.5 Å². The summed E-state index contributed by atoms with van der Waals surface area (Å²) in [6.45, 7) is 3.93. The molecule has 1 aromatic carbocycles. The average molecular weight is 350 g/mol. The molecule has 0 aromatic heterocycles. The first-order valence-electron chi connectivity index (χ1n) is 7.97. The highest BCUT2D eigenvalue weighted by molar-refractivity contribution is 5.84. The fourth-order valence-corrected chi connectivity index (χ4v) is 2.53. The highest BCUT2D eigenvalue weighted by Gasteiger charge is 2.47. The van der Waals surface area contributed by atoms with Gasteiger partial charge in [0.2, 0.25) is 6.10 Å². The summed E-state index contributed by atoms with van der Waals surface area (Å²) in [6, 6.07) is 8.47. The van der Waals surface area contributed by atoms with E-state index in [0.717, 1.165) is 10.6 Å². The molecule has 136 valence electrons. The second-order valence-electron chi connectivity index (χ2n) is 6.07. The summed E-state index contributed by atoms with van der Waals surface area (Å²) in [6.07, 6.45) is -2.27. The number of esters is 1. The van der Waals surface area contributed by atoms with Crippen LogP contribution in [0.3, 0.4) is 0 Å². The van der Waals surface area contributed by atoms with Crippen molar-refractivity contribution in [1.82, 2.24) is 10.4 Å². The molecule has 0 radical (unpaired) electrons. The van der Waals surface area contributed by atoms with Crippen molar-refractivity contribution in [3.05, 3.63) is 35.9 Å². The summed E-state index contributed by atoms with van der Waals surface area (Å²) in [5.74, 6) is -0.503. The number of nitrogens with zero attached hydrogens (tertiary/aromatic N) is 1. The smallest absolute Gasteiger partial charge is 0.430 e. The highest BCUT2D eigenvalue weighted by Crippen LogP contribution is 2.24. The lowest BCUT2D eigenvalue weighted by atomic mass is 9.99. The van der Waals surface area contributed by atoms with Gasteiger partial charge in [0.1, 0.15) is 12.6 Å². The van der Waals surface area contributed by atoms with Crippen molar-refractivity contribution in [2.24, 2.45) is 5.92 Å². The fraction of sp³-hybridized carbons (Fsp3) is 0.471. The summed E-state index contributed by atoms with van der Waals surface area (Å²) in [5.41, 5.74) is 3.17. The van der Waals surface area contributed by atoms with E-state index in [0.29, 0.717) is 6.42 Å². The van der Waals surface area contributed by atoms with Gasteiger partial charge in [-0.2, -0.15) is 0 Å². The Kier molecular flexibility index (Phi) is 6.21. The Labute approximate surface area is 146 Å². The molecule has 2 atom stereocenters. The molecule has 1 aliphatic rings. The summed E-state index contributed by atoms with van der Waals surface area (Å²) < 4.78 is 14.8. The van der Waals surface area contributed by atoms with E-state index in [4.69, 9.17) is 9.47 Å². The third-order valence-electron chi connectivity index (χ3n) is 3.68. The molecule has 2 rings (SSSR count). The maximum Gasteiger partial charge on any atom is 0.430 e. The Balaban J connectivity index is 2.00. The van der Waals surface area contributed by atoms with E-state index < -0.39 is 30.3 Å². The van der Waals surface area contributed by atoms with Gasteiger partial charge in [-0.05, 0) is 17.9 Å². The Morgan fingerprint density at radius 1 is 1.28 bits per heavy atom. The van der Waals surface area contributed by atoms with Crippen LogP contribution in [0.25, 0.3) is 0 Å². The number of carbonyl (C=O) groups excluding carboxylic acids is 3. The van der Waals surface area contributed by atoms with Gasteiger partial charge in [0.05, 0.1) is 7.11 Å². The van der Waals surface area contributed by atoms with Gasteiger partial charge in [0.15, 0.2) is 0 Å². The van der Waals surface area contributed by atoms with E-state index in [1.54, 1.807) is 0 Å². The molecule has 0 saturated carbocycles. The zero-order chi connectivity index (χ0) is 18.4. The van der Waals surface area contributed by atoms with Crippen molar-refractivity contribution in [3.8, 4) is 0 Å². The number of benzene rings is 1. The first kappa shape index (κ1) is 18.6. The molecule has 0 bridgehead atoms. The molecule has 25 heavy (non-hydrogen) atoms. The highest BCUT2D eigenvalue weighted by atomic mass is 16.6. The molecule has 2 amide bonds. The minimum absolute atomic E-state index is 0.0604. The van der Waals surface area contributed by atoms with Crippen molar-refractivity contribution in [2.45, 2.75) is 39.0 Å². The van der Waals surface area contributed by atoms with Gasteiger partial charge in [0, 0.05) is 0 Å². The van der Waals surface area contributed by atoms with Gasteiger partial charge in [-0.3, -0.25) is 0 Å². The molecule has 0 unspecified atom stereocenters. The molecule has 0 aliphatic carbocycles. The number of hydrogen-bond donors (Lipinski definition) is 1. The third-order valence-corrected chi connectivity index (χ3v) is 3.68. The van der Waals surface area contributed by atoms with Gasteiger partial charge in [0.25, 0.3) is 0 Å². The minimum Gasteiger partial charge on any atom is -0.466 e. The normalized spacial score (nSPS) is 19.5. The first-order chi connectivity index (χ1) is 11.9. The minimum atomic E-state index is -1.09. The Hall–Kier alpha value is -2.77. The molecule has 8 heteroatoms. The topological polar surface area (TPSA) is 94.2 Å². The number of cyclic esters (lactones) is 1. The molecule has 1 fully saturated rings. The standard InChI is InChI=1S/C17H22N2O6/c1-11(2)9-13-14(15(20)23-3)25-17(22)19(13)18-16(21)24-10-12-7-5-4-6-8-12/h4-8,11,13-14H,9-10H2,1-3H3,(H,18,21)/t13-,14+/m0/s1. The Bertz CT molecular complexity index is 619. The number of hydrogen-bond acceptors (Lipinski definition) is 6. The van der Waals surface area contributed by atoms with Gasteiger partial charge in [-0.1, -0.05) is 44.2 Å². The molecule has 1 heterocycles. The van der Waals surface area contributed by atoms with Crippen LogP contribution in [0.1, 0.15) is 25.8 Å². The first-order valence-corrected chi connectivity index (χ1v) is 7.97. The molecule has 1 N–H and O–H groups in total. The largest absolute Gasteiger partial charge is 0.466 e. The van der Waals surface area contributed by atoms with Crippen LogP contribution >= 0.6 is 0 Å². The molecule has 1 aliphatic heterocycles. The number of rotatable bonds is 6. The second-order valence-corrected chi connectivity index (χ2v) is 6.07. The Morgan fingerprint density at radius 3 is 2.56 bits per heavy atom. The molecule has 8 nitrogen and oxygen atoms in total. The summed E-state index contributed by atoms with van der Waals surface area (Å²) >= 11 is 0. The van der Waals surface area contributed by atoms with E-state index in [1.807, 2.05) is 44.2 Å².